The highest BCUT2D eigenvalue weighted by Gasteiger charge is 2.04. The second-order valence-electron chi connectivity index (χ2n) is 2.67. The van der Waals surface area contributed by atoms with E-state index in [1.54, 1.807) is 23.9 Å². The molecular formula is C9H10Cl3NS. The van der Waals surface area contributed by atoms with Gasteiger partial charge in [0.15, 0.2) is 0 Å². The average molecular weight is 271 g/mol. The second kappa shape index (κ2) is 5.96. The summed E-state index contributed by atoms with van der Waals surface area (Å²) in [6, 6.07) is 3.39. The zero-order valence-electron chi connectivity index (χ0n) is 7.61. The van der Waals surface area contributed by atoms with E-state index < -0.39 is 0 Å². The van der Waals surface area contributed by atoms with E-state index >= 15 is 0 Å². The number of halogens is 3. The molecule has 0 saturated heterocycles. The fourth-order valence-electron chi connectivity index (χ4n) is 0.946. The maximum Gasteiger partial charge on any atom is 0.0653 e. The van der Waals surface area contributed by atoms with Crippen molar-refractivity contribution in [3.05, 3.63) is 27.2 Å². The molecule has 1 N–H and O–H groups in total. The number of rotatable bonds is 4. The van der Waals surface area contributed by atoms with Gasteiger partial charge in [-0.3, -0.25) is 0 Å². The van der Waals surface area contributed by atoms with Crippen molar-refractivity contribution in [1.82, 2.24) is 0 Å². The predicted molar refractivity (Wildman–Crippen MR) is 68.3 cm³/mol. The molecule has 0 radical (unpaired) electrons. The summed E-state index contributed by atoms with van der Waals surface area (Å²) in [7, 11) is 0. The van der Waals surface area contributed by atoms with Crippen molar-refractivity contribution >= 4 is 52.3 Å². The molecule has 0 amide bonds. The lowest BCUT2D eigenvalue weighted by Gasteiger charge is -2.08. The first kappa shape index (κ1) is 12.3. The summed E-state index contributed by atoms with van der Waals surface area (Å²) in [5.41, 5.74) is 0.829. The normalized spacial score (nSPS) is 10.3. The zero-order chi connectivity index (χ0) is 10.6. The average Bonchev–Trinajstić information content (AvgIpc) is 2.14. The molecule has 0 saturated carbocycles. The van der Waals surface area contributed by atoms with Crippen LogP contribution < -0.4 is 5.32 Å². The summed E-state index contributed by atoms with van der Waals surface area (Å²) in [6.45, 7) is 0.860. The van der Waals surface area contributed by atoms with Crippen molar-refractivity contribution in [2.24, 2.45) is 0 Å². The van der Waals surface area contributed by atoms with Gasteiger partial charge in [-0.25, -0.2) is 0 Å². The standard InChI is InChI=1S/C9H10Cl3NS/c1-14-3-2-13-9-5-7(11)6(10)4-8(9)12/h4-5,13H,2-3H2,1H3. The van der Waals surface area contributed by atoms with Crippen molar-refractivity contribution in [3.8, 4) is 0 Å². The molecule has 14 heavy (non-hydrogen) atoms. The van der Waals surface area contributed by atoms with Crippen LogP contribution in [-0.4, -0.2) is 18.6 Å². The van der Waals surface area contributed by atoms with E-state index in [0.717, 1.165) is 18.0 Å². The van der Waals surface area contributed by atoms with Gasteiger partial charge >= 0.3 is 0 Å². The summed E-state index contributed by atoms with van der Waals surface area (Å²) in [5.74, 6) is 1.02. The Morgan fingerprint density at radius 2 is 1.79 bits per heavy atom. The summed E-state index contributed by atoms with van der Waals surface area (Å²) >= 11 is 19.4. The lowest BCUT2D eigenvalue weighted by molar-refractivity contribution is 1.23. The Labute approximate surface area is 103 Å². The molecule has 0 aliphatic carbocycles. The van der Waals surface area contributed by atoms with Gasteiger partial charge in [0.05, 0.1) is 20.8 Å². The van der Waals surface area contributed by atoms with E-state index in [1.807, 2.05) is 0 Å². The highest BCUT2D eigenvalue weighted by Crippen LogP contribution is 2.32. The number of anilines is 1. The van der Waals surface area contributed by atoms with Crippen molar-refractivity contribution in [1.29, 1.82) is 0 Å². The van der Waals surface area contributed by atoms with Gasteiger partial charge in [0, 0.05) is 12.3 Å². The van der Waals surface area contributed by atoms with E-state index in [9.17, 15) is 0 Å². The van der Waals surface area contributed by atoms with Gasteiger partial charge in [0.2, 0.25) is 0 Å². The fraction of sp³-hybridized carbons (Fsp3) is 0.333. The van der Waals surface area contributed by atoms with Gasteiger partial charge in [-0.2, -0.15) is 11.8 Å². The Bertz CT molecular complexity index is 317. The van der Waals surface area contributed by atoms with Gasteiger partial charge in [0.1, 0.15) is 0 Å². The Hall–Kier alpha value is 0.240. The van der Waals surface area contributed by atoms with Crippen molar-refractivity contribution in [3.63, 3.8) is 0 Å². The van der Waals surface area contributed by atoms with Gasteiger partial charge in [0.25, 0.3) is 0 Å². The fourth-order valence-corrected chi connectivity index (χ4v) is 1.87. The van der Waals surface area contributed by atoms with Crippen LogP contribution >= 0.6 is 46.6 Å². The van der Waals surface area contributed by atoms with Gasteiger partial charge in [-0.05, 0) is 18.4 Å². The number of hydrogen-bond donors (Lipinski definition) is 1. The second-order valence-corrected chi connectivity index (χ2v) is 4.87. The number of hydrogen-bond acceptors (Lipinski definition) is 2. The Morgan fingerprint density at radius 1 is 1.14 bits per heavy atom. The number of nitrogens with one attached hydrogen (secondary N) is 1. The minimum Gasteiger partial charge on any atom is -0.383 e. The molecule has 0 atom stereocenters. The van der Waals surface area contributed by atoms with Crippen molar-refractivity contribution < 1.29 is 0 Å². The van der Waals surface area contributed by atoms with Crippen LogP contribution in [0.1, 0.15) is 0 Å². The molecule has 0 fully saturated rings. The van der Waals surface area contributed by atoms with Crippen LogP contribution in [0.3, 0.4) is 0 Å². The third-order valence-electron chi connectivity index (χ3n) is 1.63. The smallest absolute Gasteiger partial charge is 0.0653 e. The van der Waals surface area contributed by atoms with Gasteiger partial charge in [-0.15, -0.1) is 0 Å². The van der Waals surface area contributed by atoms with Crippen LogP contribution in [-0.2, 0) is 0 Å². The summed E-state index contributed by atoms with van der Waals surface area (Å²) in [6.07, 6.45) is 2.05. The molecule has 1 nitrogen and oxygen atoms in total. The lowest BCUT2D eigenvalue weighted by atomic mass is 10.3. The first-order chi connectivity index (χ1) is 6.65. The maximum absolute atomic E-state index is 5.97. The molecular weight excluding hydrogens is 261 g/mol. The molecule has 0 aliphatic rings. The summed E-state index contributed by atoms with van der Waals surface area (Å²) in [5, 5.41) is 4.78. The summed E-state index contributed by atoms with van der Waals surface area (Å²) < 4.78 is 0. The van der Waals surface area contributed by atoms with Crippen LogP contribution in [0.5, 0.6) is 0 Å². The summed E-state index contributed by atoms with van der Waals surface area (Å²) in [4.78, 5) is 0. The molecule has 1 aromatic rings. The van der Waals surface area contributed by atoms with E-state index in [-0.39, 0.29) is 0 Å². The van der Waals surface area contributed by atoms with Crippen molar-refractivity contribution in [2.45, 2.75) is 0 Å². The van der Waals surface area contributed by atoms with E-state index in [4.69, 9.17) is 34.8 Å². The molecule has 0 heterocycles. The zero-order valence-corrected chi connectivity index (χ0v) is 10.7. The molecule has 0 aromatic heterocycles. The Morgan fingerprint density at radius 3 is 2.43 bits per heavy atom. The maximum atomic E-state index is 5.97. The third kappa shape index (κ3) is 3.43. The Kier molecular flexibility index (Phi) is 5.24. The minimum atomic E-state index is 0.479. The molecule has 1 rings (SSSR count). The molecule has 78 valence electrons. The largest absolute Gasteiger partial charge is 0.383 e. The van der Waals surface area contributed by atoms with Crippen LogP contribution in [0, 0.1) is 0 Å². The molecule has 5 heteroatoms. The quantitative estimate of drug-likeness (QED) is 0.642. The SMILES string of the molecule is CSCCNc1cc(Cl)c(Cl)cc1Cl. The predicted octanol–water partition coefficient (Wildman–Crippen LogP) is 4.42. The van der Waals surface area contributed by atoms with Crippen LogP contribution in [0.15, 0.2) is 12.1 Å². The third-order valence-corrected chi connectivity index (χ3v) is 3.28. The van der Waals surface area contributed by atoms with E-state index in [1.165, 1.54) is 0 Å². The first-order valence-electron chi connectivity index (χ1n) is 4.02. The van der Waals surface area contributed by atoms with Crippen LogP contribution in [0.4, 0.5) is 5.69 Å². The number of thioether (sulfide) groups is 1. The van der Waals surface area contributed by atoms with Crippen molar-refractivity contribution in [2.75, 3.05) is 23.9 Å². The highest BCUT2D eigenvalue weighted by atomic mass is 35.5. The molecule has 0 spiro atoms. The van der Waals surface area contributed by atoms with E-state index in [0.29, 0.717) is 15.1 Å². The lowest BCUT2D eigenvalue weighted by Crippen LogP contribution is -2.04. The molecule has 0 unspecified atom stereocenters. The minimum absolute atomic E-state index is 0.479. The van der Waals surface area contributed by atoms with Crippen LogP contribution in [0.25, 0.3) is 0 Å². The highest BCUT2D eigenvalue weighted by molar-refractivity contribution is 7.98. The number of benzene rings is 1. The Balaban J connectivity index is 2.72. The molecule has 0 bridgehead atoms. The van der Waals surface area contributed by atoms with E-state index in [2.05, 4.69) is 11.6 Å². The van der Waals surface area contributed by atoms with Gasteiger partial charge in [-0.1, -0.05) is 34.8 Å². The van der Waals surface area contributed by atoms with Gasteiger partial charge < -0.3 is 5.32 Å². The van der Waals surface area contributed by atoms with Crippen LogP contribution in [0.2, 0.25) is 15.1 Å². The molecule has 1 aromatic carbocycles. The molecule has 0 aliphatic heterocycles. The topological polar surface area (TPSA) is 12.0 Å². The first-order valence-corrected chi connectivity index (χ1v) is 6.55. The monoisotopic (exact) mass is 269 g/mol.